The van der Waals surface area contributed by atoms with Crippen molar-refractivity contribution >= 4 is 0 Å². The number of nitrogens with zero attached hydrogens (tertiary/aromatic N) is 3. The molecule has 0 saturated carbocycles. The Morgan fingerprint density at radius 2 is 2.40 bits per heavy atom. The summed E-state index contributed by atoms with van der Waals surface area (Å²) in [6.07, 6.45) is 3.90. The molecular formula is C10H17N3O2. The van der Waals surface area contributed by atoms with Gasteiger partial charge in [-0.2, -0.15) is 5.10 Å². The second kappa shape index (κ2) is 4.74. The van der Waals surface area contributed by atoms with Crippen LogP contribution in [0, 0.1) is 0 Å². The first-order valence-corrected chi connectivity index (χ1v) is 5.20. The van der Waals surface area contributed by atoms with Crippen LogP contribution in [0.15, 0.2) is 18.5 Å². The van der Waals surface area contributed by atoms with E-state index in [0.29, 0.717) is 6.54 Å². The van der Waals surface area contributed by atoms with Crippen molar-refractivity contribution in [2.45, 2.75) is 12.1 Å². The number of aromatic nitrogens is 2. The maximum atomic E-state index is 8.90. The second-order valence-corrected chi connectivity index (χ2v) is 3.81. The summed E-state index contributed by atoms with van der Waals surface area (Å²) >= 11 is 0. The van der Waals surface area contributed by atoms with E-state index in [-0.39, 0.29) is 18.8 Å². The summed E-state index contributed by atoms with van der Waals surface area (Å²) in [6, 6.07) is 2.18. The molecule has 1 aromatic heterocycles. The van der Waals surface area contributed by atoms with Gasteiger partial charge in [-0.05, 0) is 6.07 Å². The third kappa shape index (κ3) is 2.19. The van der Waals surface area contributed by atoms with Crippen LogP contribution in [0.2, 0.25) is 0 Å². The molecule has 2 heterocycles. The van der Waals surface area contributed by atoms with Crippen LogP contribution >= 0.6 is 0 Å². The minimum atomic E-state index is 0.163. The molecule has 1 aliphatic rings. The van der Waals surface area contributed by atoms with Crippen molar-refractivity contribution in [3.8, 4) is 0 Å². The molecule has 1 aromatic rings. The van der Waals surface area contributed by atoms with Gasteiger partial charge < -0.3 is 9.84 Å². The van der Waals surface area contributed by atoms with Gasteiger partial charge in [0.25, 0.3) is 0 Å². The number of hydrogen-bond donors (Lipinski definition) is 1. The van der Waals surface area contributed by atoms with Crippen molar-refractivity contribution in [2.75, 3.05) is 33.4 Å². The molecule has 0 unspecified atom stereocenters. The predicted octanol–water partition coefficient (Wildman–Crippen LogP) is -0.253. The summed E-state index contributed by atoms with van der Waals surface area (Å²) in [5, 5.41) is 13.1. The van der Waals surface area contributed by atoms with Crippen LogP contribution in [0.1, 0.15) is 6.04 Å². The Hall–Kier alpha value is -0.910. The first-order valence-electron chi connectivity index (χ1n) is 5.20. The van der Waals surface area contributed by atoms with E-state index < -0.39 is 0 Å². The first kappa shape index (κ1) is 10.6. The van der Waals surface area contributed by atoms with Gasteiger partial charge in [-0.15, -0.1) is 0 Å². The predicted molar refractivity (Wildman–Crippen MR) is 55.6 cm³/mol. The highest BCUT2D eigenvalue weighted by Crippen LogP contribution is 2.23. The molecule has 5 nitrogen and oxygen atoms in total. The van der Waals surface area contributed by atoms with E-state index in [2.05, 4.69) is 10.00 Å². The number of aliphatic hydroxyl groups excluding tert-OH is 1. The highest BCUT2D eigenvalue weighted by Gasteiger charge is 2.33. The smallest absolute Gasteiger partial charge is 0.0934 e. The minimum Gasteiger partial charge on any atom is -0.395 e. The van der Waals surface area contributed by atoms with Crippen molar-refractivity contribution in [2.24, 2.45) is 0 Å². The number of ether oxygens (including phenoxy) is 1. The monoisotopic (exact) mass is 211 g/mol. The molecule has 0 amide bonds. The molecule has 2 rings (SSSR count). The van der Waals surface area contributed by atoms with Crippen molar-refractivity contribution in [1.29, 1.82) is 0 Å². The fourth-order valence-electron chi connectivity index (χ4n) is 2.12. The Morgan fingerprint density at radius 3 is 3.00 bits per heavy atom. The normalized spacial score (nSPS) is 27.3. The molecule has 1 aliphatic heterocycles. The summed E-state index contributed by atoms with van der Waals surface area (Å²) in [7, 11) is 1.73. The molecule has 1 saturated heterocycles. The molecule has 2 atom stereocenters. The zero-order valence-electron chi connectivity index (χ0n) is 8.91. The lowest BCUT2D eigenvalue weighted by atomic mass is 10.2. The summed E-state index contributed by atoms with van der Waals surface area (Å²) in [4.78, 5) is 2.19. The van der Waals surface area contributed by atoms with Gasteiger partial charge in [-0.1, -0.05) is 0 Å². The molecule has 1 fully saturated rings. The zero-order valence-corrected chi connectivity index (χ0v) is 8.91. The van der Waals surface area contributed by atoms with Crippen LogP contribution in [-0.4, -0.2) is 59.2 Å². The van der Waals surface area contributed by atoms with Crippen molar-refractivity contribution in [3.05, 3.63) is 18.5 Å². The average molecular weight is 211 g/mol. The van der Waals surface area contributed by atoms with Crippen molar-refractivity contribution < 1.29 is 9.84 Å². The van der Waals surface area contributed by atoms with Crippen LogP contribution in [0.5, 0.6) is 0 Å². The number of aliphatic hydroxyl groups is 1. The lowest BCUT2D eigenvalue weighted by molar-refractivity contribution is 0.0771. The minimum absolute atomic E-state index is 0.163. The number of β-amino-alcohol motifs (C(OH)–C–C–N with tert-alkyl or cyclic N) is 1. The highest BCUT2D eigenvalue weighted by molar-refractivity contribution is 4.92. The summed E-state index contributed by atoms with van der Waals surface area (Å²) in [6.45, 7) is 2.65. The van der Waals surface area contributed by atoms with Gasteiger partial charge in [-0.3, -0.25) is 9.58 Å². The first-order chi connectivity index (χ1) is 7.35. The Balaban J connectivity index is 2.04. The van der Waals surface area contributed by atoms with Crippen LogP contribution in [0.25, 0.3) is 0 Å². The quantitative estimate of drug-likeness (QED) is 0.746. The van der Waals surface area contributed by atoms with Gasteiger partial charge in [0, 0.05) is 39.1 Å². The maximum absolute atomic E-state index is 8.90. The fourth-order valence-corrected chi connectivity index (χ4v) is 2.12. The number of rotatable bonds is 4. The van der Waals surface area contributed by atoms with Gasteiger partial charge >= 0.3 is 0 Å². The highest BCUT2D eigenvalue weighted by atomic mass is 16.5. The molecular weight excluding hydrogens is 194 g/mol. The molecule has 0 aliphatic carbocycles. The standard InChI is InChI=1S/C10H17N3O2/c1-15-10-8-12(5-6-14)7-9(10)13-4-2-3-11-13/h2-4,9-10,14H,5-8H2,1H3/t9-,10-/m1/s1. The van der Waals surface area contributed by atoms with Gasteiger partial charge in [0.1, 0.15) is 0 Å². The zero-order chi connectivity index (χ0) is 10.7. The van der Waals surface area contributed by atoms with Crippen LogP contribution < -0.4 is 0 Å². The van der Waals surface area contributed by atoms with Gasteiger partial charge in [0.2, 0.25) is 0 Å². The fraction of sp³-hybridized carbons (Fsp3) is 0.700. The molecule has 5 heteroatoms. The number of hydrogen-bond acceptors (Lipinski definition) is 4. The molecule has 0 bridgehead atoms. The molecule has 0 radical (unpaired) electrons. The Morgan fingerprint density at radius 1 is 1.53 bits per heavy atom. The summed E-state index contributed by atoms with van der Waals surface area (Å²) < 4.78 is 7.38. The number of likely N-dealkylation sites (tertiary alicyclic amines) is 1. The Bertz CT molecular complexity index is 289. The third-order valence-corrected chi connectivity index (χ3v) is 2.90. The van der Waals surface area contributed by atoms with E-state index in [4.69, 9.17) is 9.84 Å². The van der Waals surface area contributed by atoms with E-state index in [9.17, 15) is 0 Å². The lowest BCUT2D eigenvalue weighted by Crippen LogP contribution is -2.25. The second-order valence-electron chi connectivity index (χ2n) is 3.81. The topological polar surface area (TPSA) is 50.5 Å². The average Bonchev–Trinajstić information content (AvgIpc) is 2.84. The van der Waals surface area contributed by atoms with E-state index in [1.165, 1.54) is 0 Å². The van der Waals surface area contributed by atoms with Crippen LogP contribution in [-0.2, 0) is 4.74 Å². The molecule has 1 N–H and O–H groups in total. The van der Waals surface area contributed by atoms with E-state index in [1.54, 1.807) is 13.3 Å². The van der Waals surface area contributed by atoms with E-state index in [0.717, 1.165) is 13.1 Å². The Kier molecular flexibility index (Phi) is 3.35. The van der Waals surface area contributed by atoms with Gasteiger partial charge in [-0.25, -0.2) is 0 Å². The molecule has 0 spiro atoms. The molecule has 0 aromatic carbocycles. The van der Waals surface area contributed by atoms with E-state index >= 15 is 0 Å². The van der Waals surface area contributed by atoms with Crippen molar-refractivity contribution in [1.82, 2.24) is 14.7 Å². The van der Waals surface area contributed by atoms with E-state index in [1.807, 2.05) is 16.9 Å². The van der Waals surface area contributed by atoms with Crippen LogP contribution in [0.3, 0.4) is 0 Å². The SMILES string of the molecule is CO[C@@H]1CN(CCO)C[C@H]1n1cccn1. The van der Waals surface area contributed by atoms with Gasteiger partial charge in [0.15, 0.2) is 0 Å². The van der Waals surface area contributed by atoms with Gasteiger partial charge in [0.05, 0.1) is 18.8 Å². The number of methoxy groups -OCH3 is 1. The third-order valence-electron chi connectivity index (χ3n) is 2.90. The Labute approximate surface area is 89.3 Å². The lowest BCUT2D eigenvalue weighted by Gasteiger charge is -2.16. The molecule has 15 heavy (non-hydrogen) atoms. The van der Waals surface area contributed by atoms with Crippen molar-refractivity contribution in [3.63, 3.8) is 0 Å². The van der Waals surface area contributed by atoms with Crippen LogP contribution in [0.4, 0.5) is 0 Å². The maximum Gasteiger partial charge on any atom is 0.0934 e. The largest absolute Gasteiger partial charge is 0.395 e. The summed E-state index contributed by atoms with van der Waals surface area (Å²) in [5.74, 6) is 0. The summed E-state index contributed by atoms with van der Waals surface area (Å²) in [5.41, 5.74) is 0. The molecule has 84 valence electrons.